The molecule has 1 amide bonds. The van der Waals surface area contributed by atoms with Crippen LogP contribution in [0, 0.1) is 5.82 Å². The molecule has 0 aliphatic heterocycles. The van der Waals surface area contributed by atoms with Gasteiger partial charge in [0.2, 0.25) is 10.0 Å². The van der Waals surface area contributed by atoms with E-state index in [9.17, 15) is 17.6 Å². The maximum Gasteiger partial charge on any atom is 0.251 e. The van der Waals surface area contributed by atoms with Gasteiger partial charge in [0.15, 0.2) is 0 Å². The zero-order valence-corrected chi connectivity index (χ0v) is 16.1. The van der Waals surface area contributed by atoms with E-state index in [2.05, 4.69) is 5.32 Å². The fourth-order valence-electron chi connectivity index (χ4n) is 2.52. The van der Waals surface area contributed by atoms with Crippen molar-refractivity contribution in [1.82, 2.24) is 9.62 Å². The van der Waals surface area contributed by atoms with Crippen molar-refractivity contribution >= 4 is 15.9 Å². The number of sulfonamides is 1. The number of hydrogen-bond acceptors (Lipinski definition) is 4. The number of rotatable bonds is 9. The SMILES string of the molecule is COc1ccc(CCN(CCNC(=O)c2cccc(F)c2)S(C)(=O)=O)cc1. The van der Waals surface area contributed by atoms with Crippen molar-refractivity contribution in [3.63, 3.8) is 0 Å². The van der Waals surface area contributed by atoms with Crippen molar-refractivity contribution in [2.45, 2.75) is 6.42 Å². The van der Waals surface area contributed by atoms with Gasteiger partial charge in [-0.3, -0.25) is 4.79 Å². The first-order valence-electron chi connectivity index (χ1n) is 8.41. The highest BCUT2D eigenvalue weighted by Crippen LogP contribution is 2.12. The number of carbonyl (C=O) groups excluding carboxylic acids is 1. The Morgan fingerprint density at radius 3 is 2.44 bits per heavy atom. The molecule has 0 saturated heterocycles. The highest BCUT2D eigenvalue weighted by Gasteiger charge is 2.17. The number of benzene rings is 2. The van der Waals surface area contributed by atoms with Crippen LogP contribution in [-0.2, 0) is 16.4 Å². The van der Waals surface area contributed by atoms with Gasteiger partial charge in [0.05, 0.1) is 13.4 Å². The van der Waals surface area contributed by atoms with E-state index in [1.807, 2.05) is 24.3 Å². The van der Waals surface area contributed by atoms with Crippen molar-refractivity contribution < 1.29 is 22.3 Å². The van der Waals surface area contributed by atoms with Crippen LogP contribution in [0.1, 0.15) is 15.9 Å². The molecule has 0 aliphatic carbocycles. The standard InChI is InChI=1S/C19H23FN2O4S/c1-26-18-8-6-15(7-9-18)10-12-22(27(2,24)25)13-11-21-19(23)16-4-3-5-17(20)14-16/h3-9,14H,10-13H2,1-2H3,(H,21,23). The van der Waals surface area contributed by atoms with Crippen LogP contribution in [-0.4, -0.2) is 51.6 Å². The normalized spacial score (nSPS) is 11.4. The second-order valence-corrected chi connectivity index (χ2v) is 8.01. The first-order valence-corrected chi connectivity index (χ1v) is 10.3. The third-order valence-corrected chi connectivity index (χ3v) is 5.31. The van der Waals surface area contributed by atoms with E-state index in [4.69, 9.17) is 4.74 Å². The molecular formula is C19H23FN2O4S. The summed E-state index contributed by atoms with van der Waals surface area (Å²) in [6, 6.07) is 12.7. The summed E-state index contributed by atoms with van der Waals surface area (Å²) in [7, 11) is -1.84. The number of amides is 1. The van der Waals surface area contributed by atoms with Crippen LogP contribution < -0.4 is 10.1 Å². The van der Waals surface area contributed by atoms with Gasteiger partial charge in [-0.2, -0.15) is 0 Å². The highest BCUT2D eigenvalue weighted by molar-refractivity contribution is 7.88. The summed E-state index contributed by atoms with van der Waals surface area (Å²) < 4.78 is 43.5. The molecule has 8 heteroatoms. The van der Waals surface area contributed by atoms with Crippen LogP contribution in [0.5, 0.6) is 5.75 Å². The predicted molar refractivity (Wildman–Crippen MR) is 102 cm³/mol. The number of ether oxygens (including phenoxy) is 1. The summed E-state index contributed by atoms with van der Waals surface area (Å²) in [5.41, 5.74) is 1.17. The van der Waals surface area contributed by atoms with Crippen molar-refractivity contribution in [3.05, 3.63) is 65.5 Å². The number of halogens is 1. The maximum atomic E-state index is 13.2. The fourth-order valence-corrected chi connectivity index (χ4v) is 3.36. The van der Waals surface area contributed by atoms with Gasteiger partial charge in [0.25, 0.3) is 5.91 Å². The molecule has 0 unspecified atom stereocenters. The molecule has 0 aliphatic rings. The largest absolute Gasteiger partial charge is 0.497 e. The molecule has 6 nitrogen and oxygen atoms in total. The molecule has 0 atom stereocenters. The van der Waals surface area contributed by atoms with Crippen LogP contribution in [0.15, 0.2) is 48.5 Å². The molecule has 1 N–H and O–H groups in total. The van der Waals surface area contributed by atoms with E-state index in [0.29, 0.717) is 13.0 Å². The van der Waals surface area contributed by atoms with E-state index >= 15 is 0 Å². The summed E-state index contributed by atoms with van der Waals surface area (Å²) in [5, 5.41) is 2.61. The van der Waals surface area contributed by atoms with Gasteiger partial charge in [-0.1, -0.05) is 18.2 Å². The second kappa shape index (κ2) is 9.48. The number of hydrogen-bond donors (Lipinski definition) is 1. The third-order valence-electron chi connectivity index (χ3n) is 4.01. The van der Waals surface area contributed by atoms with Crippen LogP contribution in [0.3, 0.4) is 0 Å². The number of nitrogens with one attached hydrogen (secondary N) is 1. The monoisotopic (exact) mass is 394 g/mol. The lowest BCUT2D eigenvalue weighted by molar-refractivity contribution is 0.0951. The molecule has 0 fully saturated rings. The molecular weight excluding hydrogens is 371 g/mol. The van der Waals surface area contributed by atoms with Crippen LogP contribution in [0.25, 0.3) is 0 Å². The van der Waals surface area contributed by atoms with Gasteiger partial charge >= 0.3 is 0 Å². The summed E-state index contributed by atoms with van der Waals surface area (Å²) in [4.78, 5) is 12.0. The summed E-state index contributed by atoms with van der Waals surface area (Å²) in [6.07, 6.45) is 1.67. The average molecular weight is 394 g/mol. The summed E-state index contributed by atoms with van der Waals surface area (Å²) >= 11 is 0. The van der Waals surface area contributed by atoms with Crippen LogP contribution in [0.4, 0.5) is 4.39 Å². The van der Waals surface area contributed by atoms with Crippen LogP contribution in [0.2, 0.25) is 0 Å². The molecule has 146 valence electrons. The lowest BCUT2D eigenvalue weighted by Crippen LogP contribution is -2.39. The van der Waals surface area contributed by atoms with E-state index in [1.54, 1.807) is 7.11 Å². The Morgan fingerprint density at radius 2 is 1.85 bits per heavy atom. The molecule has 2 rings (SSSR count). The van der Waals surface area contributed by atoms with Gasteiger partial charge in [0.1, 0.15) is 11.6 Å². The minimum atomic E-state index is -3.42. The zero-order chi connectivity index (χ0) is 19.9. The van der Waals surface area contributed by atoms with Gasteiger partial charge in [-0.05, 0) is 42.3 Å². The smallest absolute Gasteiger partial charge is 0.251 e. The molecule has 0 heterocycles. The van der Waals surface area contributed by atoms with Gasteiger partial charge in [-0.15, -0.1) is 0 Å². The lowest BCUT2D eigenvalue weighted by Gasteiger charge is -2.20. The molecule has 2 aromatic rings. The molecule has 0 saturated carbocycles. The average Bonchev–Trinajstić information content (AvgIpc) is 2.63. The van der Waals surface area contributed by atoms with Crippen molar-refractivity contribution in [3.8, 4) is 5.75 Å². The Morgan fingerprint density at radius 1 is 1.15 bits per heavy atom. The Kier molecular flexibility index (Phi) is 7.32. The third kappa shape index (κ3) is 6.65. The van der Waals surface area contributed by atoms with Crippen molar-refractivity contribution in [2.24, 2.45) is 0 Å². The van der Waals surface area contributed by atoms with Gasteiger partial charge in [-0.25, -0.2) is 17.1 Å². The molecule has 0 bridgehead atoms. The van der Waals surface area contributed by atoms with E-state index < -0.39 is 21.7 Å². The van der Waals surface area contributed by atoms with Gasteiger partial charge < -0.3 is 10.1 Å². The quantitative estimate of drug-likeness (QED) is 0.707. The minimum Gasteiger partial charge on any atom is -0.497 e. The number of methoxy groups -OCH3 is 1. The molecule has 0 radical (unpaired) electrons. The Bertz CT molecular complexity index is 870. The predicted octanol–water partition coefficient (Wildman–Crippen LogP) is 2.07. The molecule has 27 heavy (non-hydrogen) atoms. The van der Waals surface area contributed by atoms with Crippen molar-refractivity contribution in [2.75, 3.05) is 33.0 Å². The first kappa shape index (κ1) is 20.9. The topological polar surface area (TPSA) is 75.7 Å². The Hall–Kier alpha value is -2.45. The minimum absolute atomic E-state index is 0.130. The molecule has 0 spiro atoms. The zero-order valence-electron chi connectivity index (χ0n) is 15.3. The second-order valence-electron chi connectivity index (χ2n) is 6.03. The molecule has 2 aromatic carbocycles. The summed E-state index contributed by atoms with van der Waals surface area (Å²) in [5.74, 6) is -0.211. The Balaban J connectivity index is 1.89. The van der Waals surface area contributed by atoms with E-state index in [1.165, 1.54) is 22.5 Å². The number of nitrogens with zero attached hydrogens (tertiary/aromatic N) is 1. The van der Waals surface area contributed by atoms with Gasteiger partial charge in [0, 0.05) is 25.2 Å². The van der Waals surface area contributed by atoms with E-state index in [0.717, 1.165) is 23.6 Å². The fraction of sp³-hybridized carbons (Fsp3) is 0.316. The van der Waals surface area contributed by atoms with E-state index in [-0.39, 0.29) is 18.7 Å². The first-order chi connectivity index (χ1) is 12.8. The summed E-state index contributed by atoms with van der Waals surface area (Å²) in [6.45, 7) is 0.558. The lowest BCUT2D eigenvalue weighted by atomic mass is 10.1. The highest BCUT2D eigenvalue weighted by atomic mass is 32.2. The Labute approximate surface area is 159 Å². The molecule has 0 aromatic heterocycles. The number of carbonyl (C=O) groups is 1. The van der Waals surface area contributed by atoms with Crippen LogP contribution >= 0.6 is 0 Å². The van der Waals surface area contributed by atoms with Crippen molar-refractivity contribution in [1.29, 1.82) is 0 Å². The maximum absolute atomic E-state index is 13.2.